The molecule has 5 heteroatoms. The first kappa shape index (κ1) is 31.7. The van der Waals surface area contributed by atoms with Crippen LogP contribution in [-0.2, 0) is 9.53 Å². The number of hydrogen-bond acceptors (Lipinski definition) is 5. The maximum absolute atomic E-state index is 13.0. The number of aliphatic hydroxyl groups excluding tert-OH is 1. The Morgan fingerprint density at radius 1 is 0.909 bits per heavy atom. The largest absolute Gasteiger partial charge is 0.504 e. The van der Waals surface area contributed by atoms with E-state index in [0.717, 1.165) is 18.8 Å². The van der Waals surface area contributed by atoms with Crippen molar-refractivity contribution in [3.05, 3.63) is 42.0 Å². The predicted octanol–water partition coefficient (Wildman–Crippen LogP) is 8.67. The lowest BCUT2D eigenvalue weighted by Gasteiger charge is -2.73. The van der Waals surface area contributed by atoms with Gasteiger partial charge in [-0.25, -0.2) is 4.79 Å². The number of hydrogen-bond donors (Lipinski definition) is 3. The van der Waals surface area contributed by atoms with Gasteiger partial charge < -0.3 is 20.1 Å². The van der Waals surface area contributed by atoms with Crippen molar-refractivity contribution in [1.82, 2.24) is 0 Å². The zero-order valence-corrected chi connectivity index (χ0v) is 28.2. The van der Waals surface area contributed by atoms with Crippen molar-refractivity contribution in [3.8, 4) is 11.5 Å². The van der Waals surface area contributed by atoms with Gasteiger partial charge in [-0.1, -0.05) is 59.8 Å². The number of aromatic hydroxyl groups is 2. The van der Waals surface area contributed by atoms with Crippen molar-refractivity contribution >= 4 is 12.0 Å². The second-order valence-corrected chi connectivity index (χ2v) is 17.3. The number of carbonyl (C=O) groups excluding carboxylic acids is 1. The Bertz CT molecular complexity index is 1360. The van der Waals surface area contributed by atoms with Crippen molar-refractivity contribution in [2.75, 3.05) is 0 Å². The minimum atomic E-state index is -0.537. The fraction of sp³-hybridized carbons (Fsp3) is 0.718. The van der Waals surface area contributed by atoms with Crippen LogP contribution in [0.5, 0.6) is 11.5 Å². The molecule has 0 aliphatic heterocycles. The van der Waals surface area contributed by atoms with Gasteiger partial charge in [0.1, 0.15) is 6.10 Å². The summed E-state index contributed by atoms with van der Waals surface area (Å²) in [5, 5.41) is 31.5. The number of fused-ring (bicyclic) bond motifs is 7. The first-order valence-corrected chi connectivity index (χ1v) is 17.2. The van der Waals surface area contributed by atoms with Crippen LogP contribution in [0.1, 0.15) is 112 Å². The summed E-state index contributed by atoms with van der Waals surface area (Å²) in [6.07, 6.45) is 12.3. The van der Waals surface area contributed by atoms with E-state index in [4.69, 9.17) is 4.74 Å². The highest BCUT2D eigenvalue weighted by Gasteiger charge is 2.72. The minimum Gasteiger partial charge on any atom is -0.504 e. The molecular weight excluding hydrogens is 548 g/mol. The van der Waals surface area contributed by atoms with E-state index in [-0.39, 0.29) is 45.2 Å². The lowest BCUT2D eigenvalue weighted by atomic mass is 9.32. The molecule has 5 aliphatic carbocycles. The van der Waals surface area contributed by atoms with Crippen LogP contribution >= 0.6 is 0 Å². The van der Waals surface area contributed by atoms with E-state index < -0.39 is 12.1 Å². The molecule has 6 rings (SSSR count). The number of aliphatic hydroxyl groups is 1. The van der Waals surface area contributed by atoms with Gasteiger partial charge >= 0.3 is 5.97 Å². The fourth-order valence-electron chi connectivity index (χ4n) is 12.6. The van der Waals surface area contributed by atoms with Crippen LogP contribution in [0.2, 0.25) is 0 Å². The van der Waals surface area contributed by atoms with Crippen LogP contribution in [0.4, 0.5) is 0 Å². The summed E-state index contributed by atoms with van der Waals surface area (Å²) < 4.78 is 6.10. The molecule has 242 valence electrons. The number of allylic oxidation sites excluding steroid dienone is 1. The quantitative estimate of drug-likeness (QED) is 0.139. The highest BCUT2D eigenvalue weighted by Crippen LogP contribution is 2.77. The van der Waals surface area contributed by atoms with E-state index in [1.165, 1.54) is 62.3 Å². The molecule has 5 saturated carbocycles. The average molecular weight is 605 g/mol. The van der Waals surface area contributed by atoms with Crippen LogP contribution in [0, 0.1) is 56.7 Å². The summed E-state index contributed by atoms with van der Waals surface area (Å²) in [6.45, 7) is 21.4. The normalized spacial score (nSPS) is 46.0. The summed E-state index contributed by atoms with van der Waals surface area (Å²) >= 11 is 0. The second kappa shape index (κ2) is 10.4. The fourth-order valence-corrected chi connectivity index (χ4v) is 12.6. The Kier molecular flexibility index (Phi) is 7.47. The van der Waals surface area contributed by atoms with Crippen LogP contribution in [-0.4, -0.2) is 33.5 Å². The molecule has 0 radical (unpaired) electrons. The lowest BCUT2D eigenvalue weighted by Crippen LogP contribution is -2.69. The van der Waals surface area contributed by atoms with Gasteiger partial charge in [0.05, 0.1) is 6.10 Å². The van der Waals surface area contributed by atoms with Crippen molar-refractivity contribution in [1.29, 1.82) is 0 Å². The van der Waals surface area contributed by atoms with Crippen LogP contribution in [0.15, 0.2) is 36.4 Å². The van der Waals surface area contributed by atoms with Gasteiger partial charge in [-0.3, -0.25) is 0 Å². The van der Waals surface area contributed by atoms with Gasteiger partial charge in [0.15, 0.2) is 11.5 Å². The van der Waals surface area contributed by atoms with Gasteiger partial charge in [0.2, 0.25) is 0 Å². The molecule has 1 aromatic carbocycles. The van der Waals surface area contributed by atoms with E-state index in [0.29, 0.717) is 35.2 Å². The molecule has 11 atom stereocenters. The number of phenols is 2. The third kappa shape index (κ3) is 4.37. The maximum atomic E-state index is 13.0. The molecule has 44 heavy (non-hydrogen) atoms. The highest BCUT2D eigenvalue weighted by molar-refractivity contribution is 5.87. The number of esters is 1. The lowest BCUT2D eigenvalue weighted by molar-refractivity contribution is -0.275. The molecule has 5 nitrogen and oxygen atoms in total. The van der Waals surface area contributed by atoms with Gasteiger partial charge in [0.25, 0.3) is 0 Å². The zero-order chi connectivity index (χ0) is 32.0. The third-order valence-electron chi connectivity index (χ3n) is 15.2. The molecule has 0 unspecified atom stereocenters. The number of rotatable bonds is 4. The van der Waals surface area contributed by atoms with E-state index in [9.17, 15) is 20.1 Å². The SMILES string of the molecule is C=C(C)[C@@H]1CC[C@]2(C)CC[C@]3(C)[C@H](CC[C@@H]4[C@@]5(C)[C@H](O)C[C@H](OC(=O)/C=C/c6ccc(O)c(O)c6)C(C)(C)[C@@H]5CC[C@]43C)[C@@H]12. The Balaban J connectivity index is 1.25. The summed E-state index contributed by atoms with van der Waals surface area (Å²) in [5.41, 5.74) is 2.28. The van der Waals surface area contributed by atoms with E-state index in [1.807, 2.05) is 0 Å². The number of ether oxygens (including phenoxy) is 1. The Hall–Kier alpha value is -2.27. The zero-order valence-electron chi connectivity index (χ0n) is 28.2. The van der Waals surface area contributed by atoms with Crippen molar-refractivity contribution in [2.24, 2.45) is 56.7 Å². The summed E-state index contributed by atoms with van der Waals surface area (Å²) in [7, 11) is 0. The van der Waals surface area contributed by atoms with Gasteiger partial charge in [0, 0.05) is 23.3 Å². The van der Waals surface area contributed by atoms with E-state index in [1.54, 1.807) is 12.1 Å². The molecule has 0 amide bonds. The van der Waals surface area contributed by atoms with Gasteiger partial charge in [-0.05, 0) is 128 Å². The van der Waals surface area contributed by atoms with Crippen molar-refractivity contribution in [2.45, 2.75) is 118 Å². The molecule has 0 heterocycles. The second-order valence-electron chi connectivity index (χ2n) is 17.3. The average Bonchev–Trinajstić information content (AvgIpc) is 3.31. The van der Waals surface area contributed by atoms with Gasteiger partial charge in [-0.2, -0.15) is 0 Å². The number of benzene rings is 1. The monoisotopic (exact) mass is 604 g/mol. The first-order chi connectivity index (χ1) is 20.5. The first-order valence-electron chi connectivity index (χ1n) is 17.2. The van der Waals surface area contributed by atoms with Gasteiger partial charge in [-0.15, -0.1) is 0 Å². The van der Waals surface area contributed by atoms with Crippen molar-refractivity contribution < 1.29 is 24.9 Å². The Morgan fingerprint density at radius 3 is 2.32 bits per heavy atom. The Morgan fingerprint density at radius 2 is 1.64 bits per heavy atom. The molecule has 0 bridgehead atoms. The smallest absolute Gasteiger partial charge is 0.331 e. The molecular formula is C39H56O5. The molecule has 5 fully saturated rings. The van der Waals surface area contributed by atoms with E-state index >= 15 is 0 Å². The summed E-state index contributed by atoms with van der Waals surface area (Å²) in [5.74, 6) is 1.86. The van der Waals surface area contributed by atoms with Crippen LogP contribution in [0.3, 0.4) is 0 Å². The highest BCUT2D eigenvalue weighted by atomic mass is 16.5. The topological polar surface area (TPSA) is 87.0 Å². The van der Waals surface area contributed by atoms with Crippen LogP contribution in [0.25, 0.3) is 6.08 Å². The maximum Gasteiger partial charge on any atom is 0.331 e. The summed E-state index contributed by atoms with van der Waals surface area (Å²) in [6, 6.07) is 4.43. The predicted molar refractivity (Wildman–Crippen MR) is 175 cm³/mol. The molecule has 1 aromatic rings. The molecule has 0 spiro atoms. The Labute approximate surface area is 265 Å². The number of phenolic OH excluding ortho intramolecular Hbond substituents is 2. The molecule has 0 aromatic heterocycles. The molecule has 3 N–H and O–H groups in total. The molecule has 0 saturated heterocycles. The third-order valence-corrected chi connectivity index (χ3v) is 15.2. The van der Waals surface area contributed by atoms with Crippen molar-refractivity contribution in [3.63, 3.8) is 0 Å². The summed E-state index contributed by atoms with van der Waals surface area (Å²) in [4.78, 5) is 13.0. The van der Waals surface area contributed by atoms with Crippen LogP contribution < -0.4 is 0 Å². The number of carbonyl (C=O) groups is 1. The van der Waals surface area contributed by atoms with E-state index in [2.05, 4.69) is 55.0 Å². The standard InChI is InChI=1S/C39H56O5/c1-23(2)25-15-17-36(5)19-20-37(6)26(34(25)36)11-13-30-38(37,7)18-16-29-35(3,4)32(22-31(42)39(29,30)8)44-33(43)14-10-24-9-12-27(40)28(41)21-24/h9-10,12,14,21,25-26,29-32,34,40-42H,1,11,13,15-20,22H2,2-8H3/b14-10+/t25-,26+,29-,30-,31+,32-,34+,36+,37+,38+,39-/m0/s1. The molecule has 5 aliphatic rings. The minimum absolute atomic E-state index is 0.156.